The van der Waals surface area contributed by atoms with Crippen molar-refractivity contribution in [1.29, 1.82) is 0 Å². The molecule has 1 atom stereocenters. The molecule has 0 bridgehead atoms. The van der Waals surface area contributed by atoms with E-state index in [0.29, 0.717) is 24.2 Å². The van der Waals surface area contributed by atoms with Crippen LogP contribution in [-0.4, -0.2) is 68.5 Å². The van der Waals surface area contributed by atoms with Gasteiger partial charge < -0.3 is 10.0 Å². The van der Waals surface area contributed by atoms with Crippen LogP contribution in [0.2, 0.25) is 0 Å². The molecule has 1 N–H and O–H groups in total. The van der Waals surface area contributed by atoms with Gasteiger partial charge in [0.2, 0.25) is 5.91 Å². The minimum absolute atomic E-state index is 0.219. The summed E-state index contributed by atoms with van der Waals surface area (Å²) in [5, 5.41) is 17.5. The van der Waals surface area contributed by atoms with E-state index in [4.69, 9.17) is 0 Å². The Hall–Kier alpha value is -1.47. The number of amides is 1. The van der Waals surface area contributed by atoms with Crippen LogP contribution in [0.4, 0.5) is 0 Å². The van der Waals surface area contributed by atoms with Gasteiger partial charge >= 0.3 is 0 Å². The van der Waals surface area contributed by atoms with Gasteiger partial charge in [-0.2, -0.15) is 0 Å². The molecule has 0 aromatic carbocycles. The number of aromatic nitrogens is 3. The number of rotatable bonds is 6. The van der Waals surface area contributed by atoms with Crippen LogP contribution in [0.25, 0.3) is 0 Å². The maximum absolute atomic E-state index is 12.3. The second kappa shape index (κ2) is 7.88. The summed E-state index contributed by atoms with van der Waals surface area (Å²) in [6.07, 6.45) is 3.20. The second-order valence-electron chi connectivity index (χ2n) is 6.87. The lowest BCUT2D eigenvalue weighted by molar-refractivity contribution is -0.133. The van der Waals surface area contributed by atoms with Crippen LogP contribution in [0.5, 0.6) is 0 Å². The van der Waals surface area contributed by atoms with Crippen LogP contribution in [0.15, 0.2) is 6.20 Å². The quantitative estimate of drug-likeness (QED) is 0.842. The second-order valence-corrected chi connectivity index (χ2v) is 6.87. The van der Waals surface area contributed by atoms with Crippen molar-refractivity contribution in [2.24, 2.45) is 5.92 Å². The van der Waals surface area contributed by atoms with Gasteiger partial charge in [-0.25, -0.2) is 0 Å². The van der Waals surface area contributed by atoms with Crippen LogP contribution in [0.3, 0.4) is 0 Å². The van der Waals surface area contributed by atoms with E-state index < -0.39 is 6.10 Å². The number of likely N-dealkylation sites (N-methyl/N-ethyl adjacent to an activating group) is 1. The highest BCUT2D eigenvalue weighted by Crippen LogP contribution is 2.19. The number of aliphatic hydroxyl groups excluding tert-OH is 1. The predicted molar refractivity (Wildman–Crippen MR) is 87.7 cm³/mol. The SMILES string of the molecule is CC(O)c1cn(CC2CCN(C(=O)CN(C)C(C)C)CC2)nn1. The summed E-state index contributed by atoms with van der Waals surface area (Å²) in [6.45, 7) is 8.79. The van der Waals surface area contributed by atoms with Gasteiger partial charge in [0.25, 0.3) is 0 Å². The molecule has 1 unspecified atom stereocenters. The Balaban J connectivity index is 1.78. The van der Waals surface area contributed by atoms with Crippen molar-refractivity contribution in [3.63, 3.8) is 0 Å². The number of hydrogen-bond donors (Lipinski definition) is 1. The Bertz CT molecular complexity index is 506. The zero-order valence-corrected chi connectivity index (χ0v) is 14.6. The summed E-state index contributed by atoms with van der Waals surface area (Å²) < 4.78 is 1.80. The molecule has 0 spiro atoms. The average Bonchev–Trinajstić information content (AvgIpc) is 2.96. The van der Waals surface area contributed by atoms with Crippen LogP contribution in [0.1, 0.15) is 45.4 Å². The van der Waals surface area contributed by atoms with Crippen LogP contribution < -0.4 is 0 Å². The van der Waals surface area contributed by atoms with Crippen LogP contribution in [0, 0.1) is 5.92 Å². The molecule has 1 amide bonds. The molecular weight excluding hydrogens is 294 g/mol. The zero-order chi connectivity index (χ0) is 17.0. The van der Waals surface area contributed by atoms with E-state index >= 15 is 0 Å². The third-order valence-corrected chi connectivity index (χ3v) is 4.66. The maximum Gasteiger partial charge on any atom is 0.236 e. The number of hydrogen-bond acceptors (Lipinski definition) is 5. The largest absolute Gasteiger partial charge is 0.387 e. The fraction of sp³-hybridized carbons (Fsp3) is 0.812. The smallest absolute Gasteiger partial charge is 0.236 e. The first-order valence-electron chi connectivity index (χ1n) is 8.43. The topological polar surface area (TPSA) is 74.5 Å². The molecule has 130 valence electrons. The van der Waals surface area contributed by atoms with E-state index in [1.165, 1.54) is 0 Å². The third kappa shape index (κ3) is 5.00. The summed E-state index contributed by atoms with van der Waals surface area (Å²) in [6, 6.07) is 0.381. The standard InChI is InChI=1S/C16H29N5O2/c1-12(2)19(4)11-16(23)20-7-5-14(6-8-20)9-21-10-15(13(3)22)17-18-21/h10,12-14,22H,5-9,11H2,1-4H3. The molecule has 0 aliphatic carbocycles. The van der Waals surface area contributed by atoms with E-state index in [1.54, 1.807) is 17.8 Å². The number of piperidine rings is 1. The third-order valence-electron chi connectivity index (χ3n) is 4.66. The molecular formula is C16H29N5O2. The van der Waals surface area contributed by atoms with Gasteiger partial charge in [-0.3, -0.25) is 14.4 Å². The molecule has 7 heteroatoms. The Morgan fingerprint density at radius 2 is 2.04 bits per heavy atom. The number of likely N-dealkylation sites (tertiary alicyclic amines) is 1. The van der Waals surface area contributed by atoms with Crippen molar-refractivity contribution in [2.75, 3.05) is 26.7 Å². The summed E-state index contributed by atoms with van der Waals surface area (Å²) in [5.74, 6) is 0.724. The van der Waals surface area contributed by atoms with E-state index in [0.717, 1.165) is 32.5 Å². The lowest BCUT2D eigenvalue weighted by Gasteiger charge is -2.33. The molecule has 1 aromatic rings. The molecule has 23 heavy (non-hydrogen) atoms. The molecule has 7 nitrogen and oxygen atoms in total. The Kier molecular flexibility index (Phi) is 6.12. The Labute approximate surface area is 138 Å². The van der Waals surface area contributed by atoms with Gasteiger partial charge in [-0.15, -0.1) is 5.10 Å². The van der Waals surface area contributed by atoms with Crippen molar-refractivity contribution in [2.45, 2.75) is 52.3 Å². The van der Waals surface area contributed by atoms with E-state index in [9.17, 15) is 9.90 Å². The van der Waals surface area contributed by atoms with Gasteiger partial charge in [0, 0.05) is 25.7 Å². The monoisotopic (exact) mass is 323 g/mol. The summed E-state index contributed by atoms with van der Waals surface area (Å²) >= 11 is 0. The first-order valence-corrected chi connectivity index (χ1v) is 8.43. The zero-order valence-electron chi connectivity index (χ0n) is 14.6. The summed E-state index contributed by atoms with van der Waals surface area (Å²) in [5.41, 5.74) is 0.606. The number of carbonyl (C=O) groups excluding carboxylic acids is 1. The highest BCUT2D eigenvalue weighted by Gasteiger charge is 2.24. The van der Waals surface area contributed by atoms with Crippen molar-refractivity contribution in [3.05, 3.63) is 11.9 Å². The van der Waals surface area contributed by atoms with Crippen molar-refractivity contribution < 1.29 is 9.90 Å². The lowest BCUT2D eigenvalue weighted by atomic mass is 9.97. The van der Waals surface area contributed by atoms with E-state index in [1.807, 2.05) is 11.9 Å². The van der Waals surface area contributed by atoms with Gasteiger partial charge in [-0.05, 0) is 46.6 Å². The van der Waals surface area contributed by atoms with Gasteiger partial charge in [-0.1, -0.05) is 5.21 Å². The highest BCUT2D eigenvalue weighted by molar-refractivity contribution is 5.78. The molecule has 2 heterocycles. The van der Waals surface area contributed by atoms with E-state index in [-0.39, 0.29) is 5.91 Å². The normalized spacial score (nSPS) is 18.0. The van der Waals surface area contributed by atoms with Crippen LogP contribution in [-0.2, 0) is 11.3 Å². The van der Waals surface area contributed by atoms with Crippen molar-refractivity contribution in [1.82, 2.24) is 24.8 Å². The van der Waals surface area contributed by atoms with Crippen molar-refractivity contribution in [3.8, 4) is 0 Å². The molecule has 1 aliphatic rings. The van der Waals surface area contributed by atoms with E-state index in [2.05, 4.69) is 29.1 Å². The highest BCUT2D eigenvalue weighted by atomic mass is 16.3. The Morgan fingerprint density at radius 3 is 2.57 bits per heavy atom. The fourth-order valence-electron chi connectivity index (χ4n) is 2.72. The predicted octanol–water partition coefficient (Wildman–Crippen LogP) is 0.910. The minimum atomic E-state index is -0.582. The Morgan fingerprint density at radius 1 is 1.39 bits per heavy atom. The molecule has 1 aliphatic heterocycles. The van der Waals surface area contributed by atoms with Gasteiger partial charge in [0.1, 0.15) is 5.69 Å². The maximum atomic E-state index is 12.3. The average molecular weight is 323 g/mol. The number of aliphatic hydroxyl groups is 1. The van der Waals surface area contributed by atoms with Gasteiger partial charge in [0.05, 0.1) is 18.8 Å². The first-order chi connectivity index (χ1) is 10.9. The molecule has 1 saturated heterocycles. The first kappa shape index (κ1) is 17.9. The fourth-order valence-corrected chi connectivity index (χ4v) is 2.72. The summed E-state index contributed by atoms with van der Waals surface area (Å²) in [7, 11) is 1.99. The minimum Gasteiger partial charge on any atom is -0.387 e. The van der Waals surface area contributed by atoms with Crippen LogP contribution >= 0.6 is 0 Å². The molecule has 1 aromatic heterocycles. The van der Waals surface area contributed by atoms with Gasteiger partial charge in [0.15, 0.2) is 0 Å². The molecule has 0 radical (unpaired) electrons. The number of nitrogens with zero attached hydrogens (tertiary/aromatic N) is 5. The molecule has 1 fully saturated rings. The lowest BCUT2D eigenvalue weighted by Crippen LogP contribution is -2.45. The number of carbonyl (C=O) groups is 1. The molecule has 2 rings (SSSR count). The summed E-state index contributed by atoms with van der Waals surface area (Å²) in [4.78, 5) is 16.3. The van der Waals surface area contributed by atoms with Crippen molar-refractivity contribution >= 4 is 5.91 Å². The molecule has 0 saturated carbocycles.